The van der Waals surface area contributed by atoms with Crippen molar-refractivity contribution in [1.82, 2.24) is 0 Å². The maximum atomic E-state index is 13.5. The van der Waals surface area contributed by atoms with E-state index in [1.807, 2.05) is 24.3 Å². The summed E-state index contributed by atoms with van der Waals surface area (Å²) in [4.78, 5) is 18.9. The van der Waals surface area contributed by atoms with Crippen LogP contribution in [-0.2, 0) is 4.79 Å². The minimum absolute atomic E-state index is 0.178. The molecule has 5 heteroatoms. The Morgan fingerprint density at radius 2 is 1.96 bits per heavy atom. The number of halogens is 1. The van der Waals surface area contributed by atoms with Crippen molar-refractivity contribution in [1.29, 1.82) is 0 Å². The fraction of sp³-hybridized carbons (Fsp3) is 0.333. The van der Waals surface area contributed by atoms with E-state index in [0.29, 0.717) is 11.3 Å². The number of unbranched alkanes of at least 4 members (excludes halogenated alkanes) is 1. The van der Waals surface area contributed by atoms with Crippen LogP contribution in [0.1, 0.15) is 38.2 Å². The van der Waals surface area contributed by atoms with Crippen LogP contribution in [0, 0.1) is 5.82 Å². The summed E-state index contributed by atoms with van der Waals surface area (Å²) in [6, 6.07) is 12.3. The molecule has 0 aromatic heterocycles. The van der Waals surface area contributed by atoms with E-state index >= 15 is 0 Å². The monoisotopic (exact) mass is 353 g/mol. The number of aliphatic imine (C=N–C) groups is 1. The van der Waals surface area contributed by atoms with Crippen molar-refractivity contribution >= 4 is 29.2 Å². The van der Waals surface area contributed by atoms with E-state index in [9.17, 15) is 9.18 Å². The molecule has 0 radical (unpaired) electrons. The number of benzene rings is 2. The summed E-state index contributed by atoms with van der Waals surface area (Å²) in [5, 5.41) is 2.76. The van der Waals surface area contributed by atoms with Crippen LogP contribution in [0.25, 0.3) is 0 Å². The molecule has 1 atom stereocenters. The predicted octanol–water partition coefficient (Wildman–Crippen LogP) is 4.89. The minimum atomic E-state index is -0.558. The molecule has 26 heavy (non-hydrogen) atoms. The van der Waals surface area contributed by atoms with Crippen LogP contribution in [0.15, 0.2) is 47.5 Å². The zero-order valence-electron chi connectivity index (χ0n) is 15.2. The maximum Gasteiger partial charge on any atom is 0.237 e. The largest absolute Gasteiger partial charge is 0.372 e. The molecule has 1 amide bonds. The molecule has 2 aromatic rings. The molecular weight excluding hydrogens is 329 g/mol. The first kappa shape index (κ1) is 18.1. The molecule has 0 aliphatic carbocycles. The number of hydrogen-bond acceptors (Lipinski definition) is 3. The molecule has 0 saturated carbocycles. The van der Waals surface area contributed by atoms with Gasteiger partial charge < -0.3 is 10.2 Å². The molecule has 1 heterocycles. The molecule has 1 unspecified atom stereocenters. The highest BCUT2D eigenvalue weighted by molar-refractivity contribution is 6.12. The lowest BCUT2D eigenvalue weighted by molar-refractivity contribution is -0.115. The van der Waals surface area contributed by atoms with Crippen molar-refractivity contribution in [3.8, 4) is 0 Å². The Bertz CT molecular complexity index is 801. The molecule has 0 spiro atoms. The van der Waals surface area contributed by atoms with E-state index in [2.05, 4.69) is 29.1 Å². The van der Waals surface area contributed by atoms with E-state index in [0.717, 1.165) is 18.8 Å². The highest BCUT2D eigenvalue weighted by Crippen LogP contribution is 2.32. The van der Waals surface area contributed by atoms with E-state index in [1.54, 1.807) is 12.3 Å². The molecule has 0 saturated heterocycles. The first-order valence-corrected chi connectivity index (χ1v) is 9.12. The van der Waals surface area contributed by atoms with Gasteiger partial charge in [-0.15, -0.1) is 0 Å². The number of fused-ring (bicyclic) bond motifs is 1. The topological polar surface area (TPSA) is 44.7 Å². The van der Waals surface area contributed by atoms with Gasteiger partial charge in [-0.25, -0.2) is 4.39 Å². The van der Waals surface area contributed by atoms with Crippen LogP contribution in [0.2, 0.25) is 0 Å². The van der Waals surface area contributed by atoms with Crippen molar-refractivity contribution in [3.05, 3.63) is 53.8 Å². The van der Waals surface area contributed by atoms with Crippen molar-refractivity contribution in [2.24, 2.45) is 4.99 Å². The van der Waals surface area contributed by atoms with Gasteiger partial charge in [0.15, 0.2) is 0 Å². The van der Waals surface area contributed by atoms with Crippen LogP contribution in [0.5, 0.6) is 0 Å². The fourth-order valence-corrected chi connectivity index (χ4v) is 3.13. The van der Waals surface area contributed by atoms with Gasteiger partial charge in [0, 0.05) is 30.7 Å². The van der Waals surface area contributed by atoms with Gasteiger partial charge in [-0.3, -0.25) is 9.79 Å². The molecule has 136 valence electrons. The molecule has 2 aromatic carbocycles. The Balaban J connectivity index is 1.73. The SMILES string of the molecule is CCCCN(CC)c1ccc(N=CC2C(=O)Nc3ccc(F)cc32)cc1. The van der Waals surface area contributed by atoms with Crippen molar-refractivity contribution in [2.45, 2.75) is 32.6 Å². The minimum Gasteiger partial charge on any atom is -0.372 e. The molecular formula is C21H24FN3O. The molecule has 1 N–H and O–H groups in total. The van der Waals surface area contributed by atoms with E-state index < -0.39 is 5.92 Å². The lowest BCUT2D eigenvalue weighted by atomic mass is 10.0. The summed E-state index contributed by atoms with van der Waals surface area (Å²) < 4.78 is 13.5. The highest BCUT2D eigenvalue weighted by Gasteiger charge is 2.29. The Morgan fingerprint density at radius 1 is 1.19 bits per heavy atom. The molecule has 0 bridgehead atoms. The van der Waals surface area contributed by atoms with Gasteiger partial charge in [-0.1, -0.05) is 13.3 Å². The summed E-state index contributed by atoms with van der Waals surface area (Å²) in [7, 11) is 0. The smallest absolute Gasteiger partial charge is 0.237 e. The third-order valence-corrected chi connectivity index (χ3v) is 4.64. The summed E-state index contributed by atoms with van der Waals surface area (Å²) in [5.74, 6) is -1.09. The van der Waals surface area contributed by atoms with Gasteiger partial charge in [0.1, 0.15) is 11.7 Å². The van der Waals surface area contributed by atoms with Gasteiger partial charge in [-0.2, -0.15) is 0 Å². The Labute approximate surface area is 153 Å². The van der Waals surface area contributed by atoms with E-state index in [4.69, 9.17) is 0 Å². The first-order valence-electron chi connectivity index (χ1n) is 9.12. The van der Waals surface area contributed by atoms with Gasteiger partial charge in [0.05, 0.1) is 5.69 Å². The standard InChI is InChI=1S/C21H24FN3O/c1-3-5-12-25(4-2)17-9-7-16(8-10-17)23-14-19-18-13-15(22)6-11-20(18)24-21(19)26/h6-11,13-14,19H,3-5,12H2,1-2H3,(H,24,26). The average Bonchev–Trinajstić information content (AvgIpc) is 2.96. The first-order chi connectivity index (χ1) is 12.6. The lowest BCUT2D eigenvalue weighted by Crippen LogP contribution is -2.23. The number of nitrogens with zero attached hydrogens (tertiary/aromatic N) is 2. The average molecular weight is 353 g/mol. The predicted molar refractivity (Wildman–Crippen MR) is 105 cm³/mol. The zero-order valence-corrected chi connectivity index (χ0v) is 15.2. The van der Waals surface area contributed by atoms with Crippen LogP contribution < -0.4 is 10.2 Å². The number of amides is 1. The van der Waals surface area contributed by atoms with Crippen molar-refractivity contribution in [3.63, 3.8) is 0 Å². The summed E-state index contributed by atoms with van der Waals surface area (Å²) in [6.07, 6.45) is 3.93. The van der Waals surface area contributed by atoms with Crippen LogP contribution in [0.3, 0.4) is 0 Å². The Hall–Kier alpha value is -2.69. The summed E-state index contributed by atoms with van der Waals surface area (Å²) in [5.41, 5.74) is 3.23. The number of rotatable bonds is 7. The van der Waals surface area contributed by atoms with Crippen LogP contribution in [-0.4, -0.2) is 25.2 Å². The quantitative estimate of drug-likeness (QED) is 0.720. The zero-order chi connectivity index (χ0) is 18.5. The second-order valence-corrected chi connectivity index (χ2v) is 6.43. The Morgan fingerprint density at radius 3 is 2.65 bits per heavy atom. The number of hydrogen-bond donors (Lipinski definition) is 1. The number of anilines is 2. The second-order valence-electron chi connectivity index (χ2n) is 6.43. The van der Waals surface area contributed by atoms with Gasteiger partial charge >= 0.3 is 0 Å². The maximum absolute atomic E-state index is 13.5. The number of nitrogens with one attached hydrogen (secondary N) is 1. The second kappa shape index (κ2) is 8.13. The molecule has 1 aliphatic rings. The summed E-state index contributed by atoms with van der Waals surface area (Å²) >= 11 is 0. The normalized spacial score (nSPS) is 16.0. The molecule has 0 fully saturated rings. The third-order valence-electron chi connectivity index (χ3n) is 4.64. The fourth-order valence-electron chi connectivity index (χ4n) is 3.13. The Kier molecular flexibility index (Phi) is 5.66. The summed E-state index contributed by atoms with van der Waals surface area (Å²) in [6.45, 7) is 6.35. The van der Waals surface area contributed by atoms with E-state index in [1.165, 1.54) is 30.7 Å². The van der Waals surface area contributed by atoms with Crippen molar-refractivity contribution < 1.29 is 9.18 Å². The molecule has 1 aliphatic heterocycles. The highest BCUT2D eigenvalue weighted by atomic mass is 19.1. The van der Waals surface area contributed by atoms with Crippen LogP contribution in [0.4, 0.5) is 21.5 Å². The van der Waals surface area contributed by atoms with Gasteiger partial charge in [-0.05, 0) is 61.4 Å². The lowest BCUT2D eigenvalue weighted by Gasteiger charge is -2.22. The van der Waals surface area contributed by atoms with Crippen molar-refractivity contribution in [2.75, 3.05) is 23.3 Å². The number of carbonyl (C=O) groups is 1. The molecule has 4 nitrogen and oxygen atoms in total. The van der Waals surface area contributed by atoms with Gasteiger partial charge in [0.25, 0.3) is 0 Å². The van der Waals surface area contributed by atoms with Crippen LogP contribution >= 0.6 is 0 Å². The molecule has 3 rings (SSSR count). The van der Waals surface area contributed by atoms with E-state index in [-0.39, 0.29) is 11.7 Å². The number of carbonyl (C=O) groups excluding carboxylic acids is 1. The third kappa shape index (κ3) is 3.93. The van der Waals surface area contributed by atoms with Gasteiger partial charge in [0.2, 0.25) is 5.91 Å².